The third kappa shape index (κ3) is 5.96. The van der Waals surface area contributed by atoms with Gasteiger partial charge in [-0.15, -0.1) is 11.8 Å². The quantitative estimate of drug-likeness (QED) is 0.256. The van der Waals surface area contributed by atoms with Crippen LogP contribution in [0.3, 0.4) is 0 Å². The van der Waals surface area contributed by atoms with E-state index in [2.05, 4.69) is 0 Å². The van der Waals surface area contributed by atoms with Gasteiger partial charge in [-0.2, -0.15) is 0 Å². The lowest BCUT2D eigenvalue weighted by molar-refractivity contribution is -0.385. The number of benzene rings is 2. The third-order valence-corrected chi connectivity index (χ3v) is 6.14. The molecule has 3 rings (SSSR count). The molecule has 0 heterocycles. The van der Waals surface area contributed by atoms with Crippen molar-refractivity contribution >= 4 is 29.5 Å². The maximum atomic E-state index is 12.1. The first-order valence-electron chi connectivity index (χ1n) is 9.45. The second-order valence-corrected chi connectivity index (χ2v) is 8.12. The Balaban J connectivity index is 1.67. The molecule has 2 aromatic carbocycles. The number of nitro benzene ring substituents is 1. The van der Waals surface area contributed by atoms with E-state index in [0.29, 0.717) is 10.8 Å². The molecule has 146 valence electrons. The lowest BCUT2D eigenvalue weighted by atomic mass is 10.0. The van der Waals surface area contributed by atoms with Gasteiger partial charge in [-0.3, -0.25) is 10.1 Å². The molecular formula is C22H23NO4S. The second-order valence-electron chi connectivity index (χ2n) is 6.78. The topological polar surface area (TPSA) is 69.4 Å². The first-order chi connectivity index (χ1) is 13.6. The maximum absolute atomic E-state index is 12.1. The average molecular weight is 397 g/mol. The molecule has 0 aliphatic heterocycles. The molecule has 1 aliphatic carbocycles. The van der Waals surface area contributed by atoms with E-state index in [-0.39, 0.29) is 12.3 Å². The van der Waals surface area contributed by atoms with Gasteiger partial charge in [-0.1, -0.05) is 49.6 Å². The zero-order chi connectivity index (χ0) is 19.8. The molecule has 0 saturated heterocycles. The number of nitrogens with zero attached hydrogens (tertiary/aromatic N) is 1. The van der Waals surface area contributed by atoms with E-state index in [4.69, 9.17) is 4.74 Å². The lowest BCUT2D eigenvalue weighted by Gasteiger charge is -2.22. The molecule has 0 spiro atoms. The van der Waals surface area contributed by atoms with E-state index in [1.807, 2.05) is 30.3 Å². The fourth-order valence-corrected chi connectivity index (χ4v) is 4.54. The van der Waals surface area contributed by atoms with Crippen LogP contribution in [0.25, 0.3) is 6.08 Å². The number of hydrogen-bond acceptors (Lipinski definition) is 5. The summed E-state index contributed by atoms with van der Waals surface area (Å²) in [6.45, 7) is 0.0225. The van der Waals surface area contributed by atoms with Crippen LogP contribution >= 0.6 is 11.8 Å². The molecule has 0 radical (unpaired) electrons. The SMILES string of the molecule is O=C(/C=C/c1ccccc1)OCc1cc([N+](=O)[O-])ccc1SC1CCCCC1. The molecule has 5 nitrogen and oxygen atoms in total. The Morgan fingerprint density at radius 2 is 1.89 bits per heavy atom. The molecule has 1 saturated carbocycles. The number of ether oxygens (including phenoxy) is 1. The lowest BCUT2D eigenvalue weighted by Crippen LogP contribution is -2.09. The van der Waals surface area contributed by atoms with E-state index in [1.54, 1.807) is 23.9 Å². The predicted molar refractivity (Wildman–Crippen MR) is 111 cm³/mol. The highest BCUT2D eigenvalue weighted by Gasteiger charge is 2.18. The number of esters is 1. The van der Waals surface area contributed by atoms with E-state index in [0.717, 1.165) is 23.3 Å². The van der Waals surface area contributed by atoms with Crippen LogP contribution in [0.4, 0.5) is 5.69 Å². The zero-order valence-corrected chi connectivity index (χ0v) is 16.4. The van der Waals surface area contributed by atoms with Crippen LogP contribution in [0.5, 0.6) is 0 Å². The van der Waals surface area contributed by atoms with Crippen LogP contribution in [0.15, 0.2) is 59.5 Å². The number of carbonyl (C=O) groups is 1. The van der Waals surface area contributed by atoms with Gasteiger partial charge in [0.1, 0.15) is 6.61 Å². The summed E-state index contributed by atoms with van der Waals surface area (Å²) in [6, 6.07) is 14.3. The summed E-state index contributed by atoms with van der Waals surface area (Å²) in [6.07, 6.45) is 9.09. The second kappa shape index (κ2) is 10.1. The van der Waals surface area contributed by atoms with Gasteiger partial charge >= 0.3 is 5.97 Å². The Hall–Kier alpha value is -2.60. The van der Waals surface area contributed by atoms with Crippen LogP contribution in [-0.2, 0) is 16.1 Å². The first-order valence-corrected chi connectivity index (χ1v) is 10.3. The first kappa shape index (κ1) is 20.1. The summed E-state index contributed by atoms with van der Waals surface area (Å²) in [5, 5.41) is 11.6. The van der Waals surface area contributed by atoms with Crippen molar-refractivity contribution < 1.29 is 14.5 Å². The molecule has 2 aromatic rings. The molecular weight excluding hydrogens is 374 g/mol. The van der Waals surface area contributed by atoms with Gasteiger partial charge in [0.2, 0.25) is 0 Å². The number of rotatable bonds is 7. The van der Waals surface area contributed by atoms with Crippen molar-refractivity contribution in [1.29, 1.82) is 0 Å². The monoisotopic (exact) mass is 397 g/mol. The molecule has 0 atom stereocenters. The molecule has 6 heteroatoms. The standard InChI is InChI=1S/C22H23NO4S/c24-22(14-11-17-7-3-1-4-8-17)27-16-18-15-19(23(25)26)12-13-21(18)28-20-9-5-2-6-10-20/h1,3-4,7-8,11-15,20H,2,5-6,9-10,16H2/b14-11+. The number of nitro groups is 1. The molecule has 0 unspecified atom stereocenters. The minimum atomic E-state index is -0.469. The van der Waals surface area contributed by atoms with Crippen LogP contribution in [0, 0.1) is 10.1 Å². The smallest absolute Gasteiger partial charge is 0.331 e. The molecule has 0 amide bonds. The Labute approximate surface area is 168 Å². The van der Waals surface area contributed by atoms with Crippen molar-refractivity contribution in [3.8, 4) is 0 Å². The van der Waals surface area contributed by atoms with Crippen LogP contribution < -0.4 is 0 Å². The minimum absolute atomic E-state index is 0.0128. The summed E-state index contributed by atoms with van der Waals surface area (Å²) in [5.41, 5.74) is 1.61. The Morgan fingerprint density at radius 1 is 1.14 bits per heavy atom. The van der Waals surface area contributed by atoms with Crippen LogP contribution in [0.2, 0.25) is 0 Å². The summed E-state index contributed by atoms with van der Waals surface area (Å²) in [4.78, 5) is 23.7. The Kier molecular flexibility index (Phi) is 7.25. The number of carbonyl (C=O) groups excluding carboxylic acids is 1. The van der Waals surface area contributed by atoms with Gasteiger partial charge in [-0.05, 0) is 30.5 Å². The van der Waals surface area contributed by atoms with E-state index in [1.165, 1.54) is 37.5 Å². The third-order valence-electron chi connectivity index (χ3n) is 4.68. The largest absolute Gasteiger partial charge is 0.458 e. The van der Waals surface area contributed by atoms with Gasteiger partial charge in [0.25, 0.3) is 5.69 Å². The summed E-state index contributed by atoms with van der Waals surface area (Å²) in [5.74, 6) is -0.469. The van der Waals surface area contributed by atoms with Gasteiger partial charge in [0.15, 0.2) is 0 Å². The normalized spacial score (nSPS) is 14.9. The van der Waals surface area contributed by atoms with Gasteiger partial charge in [0.05, 0.1) is 4.92 Å². The van der Waals surface area contributed by atoms with Gasteiger partial charge < -0.3 is 4.74 Å². The average Bonchev–Trinajstić information content (AvgIpc) is 2.73. The fourth-order valence-electron chi connectivity index (χ4n) is 3.20. The number of hydrogen-bond donors (Lipinski definition) is 0. The van der Waals surface area contributed by atoms with E-state index < -0.39 is 10.9 Å². The molecule has 28 heavy (non-hydrogen) atoms. The fraction of sp³-hybridized carbons (Fsp3) is 0.318. The van der Waals surface area contributed by atoms with Gasteiger partial charge in [0, 0.05) is 33.9 Å². The Bertz CT molecular complexity index is 845. The molecule has 0 N–H and O–H groups in total. The number of non-ortho nitro benzene ring substituents is 1. The maximum Gasteiger partial charge on any atom is 0.331 e. The highest BCUT2D eigenvalue weighted by atomic mass is 32.2. The van der Waals surface area contributed by atoms with Crippen molar-refractivity contribution in [3.05, 3.63) is 75.8 Å². The zero-order valence-electron chi connectivity index (χ0n) is 15.6. The van der Waals surface area contributed by atoms with Gasteiger partial charge in [-0.25, -0.2) is 4.79 Å². The van der Waals surface area contributed by atoms with E-state index >= 15 is 0 Å². The van der Waals surface area contributed by atoms with Crippen LogP contribution in [0.1, 0.15) is 43.2 Å². The minimum Gasteiger partial charge on any atom is -0.458 e. The molecule has 0 aromatic heterocycles. The van der Waals surface area contributed by atoms with Crippen LogP contribution in [-0.4, -0.2) is 16.1 Å². The van der Waals surface area contributed by atoms with Crippen molar-refractivity contribution in [2.75, 3.05) is 0 Å². The number of thioether (sulfide) groups is 1. The molecule has 0 bridgehead atoms. The predicted octanol–water partition coefficient (Wildman–Crippen LogP) is 5.78. The van der Waals surface area contributed by atoms with E-state index in [9.17, 15) is 14.9 Å². The Morgan fingerprint density at radius 3 is 2.61 bits per heavy atom. The highest BCUT2D eigenvalue weighted by Crippen LogP contribution is 2.36. The summed E-state index contributed by atoms with van der Waals surface area (Å²) < 4.78 is 5.35. The molecule has 1 fully saturated rings. The van der Waals surface area contributed by atoms with Crippen molar-refractivity contribution in [1.82, 2.24) is 0 Å². The van der Waals surface area contributed by atoms with Crippen molar-refractivity contribution in [2.24, 2.45) is 0 Å². The van der Waals surface area contributed by atoms with Crippen molar-refractivity contribution in [3.63, 3.8) is 0 Å². The highest BCUT2D eigenvalue weighted by molar-refractivity contribution is 8.00. The molecule has 1 aliphatic rings. The van der Waals surface area contributed by atoms with Crippen molar-refractivity contribution in [2.45, 2.75) is 48.9 Å². The summed E-state index contributed by atoms with van der Waals surface area (Å²) in [7, 11) is 0. The summed E-state index contributed by atoms with van der Waals surface area (Å²) >= 11 is 1.74.